The second kappa shape index (κ2) is 7.61. The van der Waals surface area contributed by atoms with Gasteiger partial charge in [0.15, 0.2) is 34.7 Å². The maximum Gasteiger partial charge on any atom is 0.235 e. The van der Waals surface area contributed by atoms with Gasteiger partial charge in [-0.1, -0.05) is 5.92 Å². The number of ketones is 4. The van der Waals surface area contributed by atoms with Crippen LogP contribution in [0.25, 0.3) is 0 Å². The molecule has 1 aromatic carbocycles. The molecule has 33 heavy (non-hydrogen) atoms. The molecule has 3 aliphatic rings. The number of nitrogens with zero attached hydrogens (tertiary/aromatic N) is 1. The Morgan fingerprint density at radius 2 is 1.85 bits per heavy atom. The summed E-state index contributed by atoms with van der Waals surface area (Å²) in [6.45, 7) is 1.63. The highest BCUT2D eigenvalue weighted by Gasteiger charge is 2.69. The first-order chi connectivity index (χ1) is 15.5. The van der Waals surface area contributed by atoms with Crippen molar-refractivity contribution in [3.63, 3.8) is 0 Å². The summed E-state index contributed by atoms with van der Waals surface area (Å²) in [6.07, 6.45) is 0.211. The molecule has 0 spiro atoms. The SMILES string of the molecule is CC#Cc1ccc(O)c2c1CC1CC3[C@H](N(C)C)C(=O)C(C(N)=O)C(=O)[C@@]3(O)C(=O)C1C2=O. The van der Waals surface area contributed by atoms with Crippen molar-refractivity contribution in [3.8, 4) is 17.6 Å². The van der Waals surface area contributed by atoms with Crippen LogP contribution in [-0.4, -0.2) is 69.9 Å². The van der Waals surface area contributed by atoms with Gasteiger partial charge in [0.05, 0.1) is 17.5 Å². The van der Waals surface area contributed by atoms with Crippen LogP contribution >= 0.6 is 0 Å². The molecule has 4 unspecified atom stereocenters. The quantitative estimate of drug-likeness (QED) is 0.391. The number of phenolic OH excluding ortho intramolecular Hbond substituents is 1. The zero-order chi connectivity index (χ0) is 24.4. The normalized spacial score (nSPS) is 33.1. The molecular weight excluding hydrogens is 428 g/mol. The molecule has 1 aromatic rings. The molecule has 9 nitrogen and oxygen atoms in total. The van der Waals surface area contributed by atoms with Crippen LogP contribution < -0.4 is 5.73 Å². The van der Waals surface area contributed by atoms with Crippen LogP contribution in [0.1, 0.15) is 34.8 Å². The number of fused-ring (bicyclic) bond motifs is 3. The highest BCUT2D eigenvalue weighted by molar-refractivity contribution is 6.32. The smallest absolute Gasteiger partial charge is 0.235 e. The maximum absolute atomic E-state index is 13.6. The van der Waals surface area contributed by atoms with Crippen molar-refractivity contribution in [2.45, 2.75) is 31.4 Å². The zero-order valence-corrected chi connectivity index (χ0v) is 18.4. The van der Waals surface area contributed by atoms with Crippen molar-refractivity contribution in [1.82, 2.24) is 4.90 Å². The number of carbonyl (C=O) groups is 5. The number of aliphatic hydroxyl groups is 1. The molecule has 1 amide bonds. The Bertz CT molecular complexity index is 1190. The van der Waals surface area contributed by atoms with Gasteiger partial charge in [-0.2, -0.15) is 0 Å². The first-order valence-electron chi connectivity index (χ1n) is 10.6. The van der Waals surface area contributed by atoms with Crippen molar-refractivity contribution in [2.75, 3.05) is 14.1 Å². The first-order valence-corrected chi connectivity index (χ1v) is 10.6. The van der Waals surface area contributed by atoms with Crippen LogP contribution in [0.5, 0.6) is 5.75 Å². The monoisotopic (exact) mass is 452 g/mol. The summed E-state index contributed by atoms with van der Waals surface area (Å²) >= 11 is 0. The molecule has 172 valence electrons. The van der Waals surface area contributed by atoms with Gasteiger partial charge >= 0.3 is 0 Å². The number of carbonyl (C=O) groups excluding carboxylic acids is 5. The molecule has 0 aliphatic heterocycles. The molecule has 2 saturated carbocycles. The standard InChI is InChI=1S/C24H24N2O7/c1-4-5-10-6-7-14(27)16-12(10)8-11-9-13-18(26(2)3)20(29)17(23(25)32)22(31)24(13,33)21(30)15(11)19(16)28/h6-7,11,13,15,17-18,27,33H,8-9H2,1-3H3,(H2,25,32)/t11?,13?,15?,17?,18-,24-/m0/s1. The molecule has 2 fully saturated rings. The van der Waals surface area contributed by atoms with E-state index in [1.165, 1.54) is 11.0 Å². The Balaban J connectivity index is 1.89. The Morgan fingerprint density at radius 1 is 1.18 bits per heavy atom. The van der Waals surface area contributed by atoms with Crippen molar-refractivity contribution >= 4 is 29.0 Å². The third-order valence-corrected chi connectivity index (χ3v) is 7.20. The van der Waals surface area contributed by atoms with E-state index in [1.807, 2.05) is 0 Å². The number of hydrogen-bond donors (Lipinski definition) is 3. The van der Waals surface area contributed by atoms with E-state index in [4.69, 9.17) is 5.73 Å². The van der Waals surface area contributed by atoms with Crippen molar-refractivity contribution in [2.24, 2.45) is 29.4 Å². The summed E-state index contributed by atoms with van der Waals surface area (Å²) < 4.78 is 0. The lowest BCUT2D eigenvalue weighted by molar-refractivity contribution is -0.181. The average molecular weight is 452 g/mol. The summed E-state index contributed by atoms with van der Waals surface area (Å²) in [4.78, 5) is 66.6. The van der Waals surface area contributed by atoms with E-state index in [1.54, 1.807) is 27.1 Å². The summed E-state index contributed by atoms with van der Waals surface area (Å²) in [6, 6.07) is 1.79. The minimum Gasteiger partial charge on any atom is -0.507 e. The Morgan fingerprint density at radius 3 is 2.42 bits per heavy atom. The number of likely N-dealkylation sites (N-methyl/N-ethyl adjacent to an activating group) is 1. The van der Waals surface area contributed by atoms with Crippen LogP contribution in [0.4, 0.5) is 0 Å². The van der Waals surface area contributed by atoms with Gasteiger partial charge in [-0.3, -0.25) is 28.9 Å². The minimum absolute atomic E-state index is 0.0124. The number of phenols is 1. The Kier molecular flexibility index (Phi) is 5.26. The highest BCUT2D eigenvalue weighted by atomic mass is 16.3. The van der Waals surface area contributed by atoms with Gasteiger partial charge in [-0.05, 0) is 57.5 Å². The third-order valence-electron chi connectivity index (χ3n) is 7.20. The van der Waals surface area contributed by atoms with E-state index in [0.717, 1.165) is 0 Å². The molecule has 0 heterocycles. The van der Waals surface area contributed by atoms with Crippen LogP contribution in [0.3, 0.4) is 0 Å². The van der Waals surface area contributed by atoms with E-state index in [9.17, 15) is 34.2 Å². The van der Waals surface area contributed by atoms with E-state index in [0.29, 0.717) is 11.1 Å². The van der Waals surface area contributed by atoms with Crippen molar-refractivity contribution in [1.29, 1.82) is 0 Å². The fourth-order valence-corrected chi connectivity index (χ4v) is 5.86. The fourth-order valence-electron chi connectivity index (χ4n) is 5.86. The largest absolute Gasteiger partial charge is 0.507 e. The van der Waals surface area contributed by atoms with Crippen LogP contribution in [0, 0.1) is 35.5 Å². The molecule has 0 saturated heterocycles. The van der Waals surface area contributed by atoms with Gasteiger partial charge in [0, 0.05) is 11.5 Å². The molecule has 0 aromatic heterocycles. The third kappa shape index (κ3) is 2.98. The maximum atomic E-state index is 13.6. The molecule has 0 radical (unpaired) electrons. The number of rotatable bonds is 2. The van der Waals surface area contributed by atoms with Gasteiger partial charge in [0.25, 0.3) is 0 Å². The van der Waals surface area contributed by atoms with Gasteiger partial charge in [0.1, 0.15) is 5.75 Å². The topological polar surface area (TPSA) is 155 Å². The second-order valence-electron chi connectivity index (χ2n) is 9.15. The van der Waals surface area contributed by atoms with Crippen LogP contribution in [0.15, 0.2) is 12.1 Å². The van der Waals surface area contributed by atoms with Crippen LogP contribution in [-0.2, 0) is 25.6 Å². The lowest BCUT2D eigenvalue weighted by Gasteiger charge is -2.52. The number of primary amides is 1. The predicted molar refractivity (Wildman–Crippen MR) is 114 cm³/mol. The molecule has 0 bridgehead atoms. The lowest BCUT2D eigenvalue weighted by atomic mass is 9.52. The lowest BCUT2D eigenvalue weighted by Crippen LogP contribution is -2.74. The van der Waals surface area contributed by atoms with E-state index >= 15 is 0 Å². The predicted octanol–water partition coefficient (Wildman–Crippen LogP) is -0.762. The zero-order valence-electron chi connectivity index (χ0n) is 18.4. The number of aromatic hydroxyl groups is 1. The number of nitrogens with two attached hydrogens (primary N) is 1. The summed E-state index contributed by atoms with van der Waals surface area (Å²) in [5.74, 6) is -4.87. The van der Waals surface area contributed by atoms with Gasteiger partial charge in [0.2, 0.25) is 5.91 Å². The second-order valence-corrected chi connectivity index (χ2v) is 9.15. The fraction of sp³-hybridized carbons (Fsp3) is 0.458. The number of benzene rings is 1. The van der Waals surface area contributed by atoms with E-state index in [-0.39, 0.29) is 24.2 Å². The average Bonchev–Trinajstić information content (AvgIpc) is 2.72. The molecule has 3 aliphatic carbocycles. The molecular formula is C24H24N2O7. The minimum atomic E-state index is -2.71. The van der Waals surface area contributed by atoms with Crippen molar-refractivity contribution < 1.29 is 34.2 Å². The highest BCUT2D eigenvalue weighted by Crippen LogP contribution is 2.50. The molecule has 4 rings (SSSR count). The van der Waals surface area contributed by atoms with E-state index in [2.05, 4.69) is 11.8 Å². The van der Waals surface area contributed by atoms with Gasteiger partial charge < -0.3 is 15.9 Å². The number of hydrogen-bond acceptors (Lipinski definition) is 8. The molecule has 9 heteroatoms. The Labute approximate surface area is 189 Å². The summed E-state index contributed by atoms with van der Waals surface area (Å²) in [5, 5.41) is 21.9. The number of Topliss-reactive ketones (excluding diaryl/α,β-unsaturated/α-hetero) is 4. The summed E-state index contributed by atoms with van der Waals surface area (Å²) in [5.41, 5.74) is 3.56. The van der Waals surface area contributed by atoms with E-state index < -0.39 is 64.4 Å². The molecule has 6 atom stereocenters. The number of amides is 1. The summed E-state index contributed by atoms with van der Waals surface area (Å²) in [7, 11) is 3.09. The first kappa shape index (κ1) is 22.8. The van der Waals surface area contributed by atoms with Gasteiger partial charge in [-0.25, -0.2) is 0 Å². The van der Waals surface area contributed by atoms with Gasteiger partial charge in [-0.15, -0.1) is 5.92 Å². The Hall–Kier alpha value is -3.35. The molecule has 4 N–H and O–H groups in total. The van der Waals surface area contributed by atoms with Crippen LogP contribution in [0.2, 0.25) is 0 Å². The van der Waals surface area contributed by atoms with Crippen molar-refractivity contribution in [3.05, 3.63) is 28.8 Å².